The molecule has 2 aliphatic heterocycles. The van der Waals surface area contributed by atoms with Crippen molar-refractivity contribution >= 4 is 22.9 Å². The molecule has 0 aliphatic carbocycles. The number of nitro benzene ring substituents is 1. The number of carbonyl (C=O) groups is 1. The molecule has 0 radical (unpaired) electrons. The van der Waals surface area contributed by atoms with Crippen molar-refractivity contribution in [2.75, 3.05) is 20.2 Å². The van der Waals surface area contributed by atoms with Crippen LogP contribution in [0.25, 0.3) is 21.7 Å². The largest absolute Gasteiger partial charge is 0.490 e. The van der Waals surface area contributed by atoms with Gasteiger partial charge in [0.05, 0.1) is 17.7 Å². The number of nitrogens with zero attached hydrogens (tertiary/aromatic N) is 3. The number of benzene rings is 1. The first-order valence-electron chi connectivity index (χ1n) is 10.0. The van der Waals surface area contributed by atoms with Gasteiger partial charge in [0, 0.05) is 41.7 Å². The van der Waals surface area contributed by atoms with Crippen molar-refractivity contribution in [2.24, 2.45) is 0 Å². The van der Waals surface area contributed by atoms with Gasteiger partial charge in [-0.05, 0) is 48.4 Å². The Balaban J connectivity index is 1.73. The highest BCUT2D eigenvalue weighted by molar-refractivity contribution is 7.13. The fourth-order valence-electron chi connectivity index (χ4n) is 4.53. The Morgan fingerprint density at radius 3 is 2.63 bits per heavy atom. The van der Waals surface area contributed by atoms with Crippen molar-refractivity contribution < 1.29 is 14.5 Å². The molecule has 3 aromatic rings. The van der Waals surface area contributed by atoms with Gasteiger partial charge in [-0.2, -0.15) is 0 Å². The van der Waals surface area contributed by atoms with E-state index >= 15 is 0 Å². The summed E-state index contributed by atoms with van der Waals surface area (Å²) in [4.78, 5) is 27.5. The van der Waals surface area contributed by atoms with E-state index in [2.05, 4.69) is 0 Å². The Hall–Kier alpha value is -3.13. The molecule has 154 valence electrons. The summed E-state index contributed by atoms with van der Waals surface area (Å²) in [7, 11) is 1.45. The molecule has 0 spiro atoms. The first-order chi connectivity index (χ1) is 14.6. The molecule has 2 aromatic heterocycles. The molecule has 0 unspecified atom stereocenters. The number of rotatable bonds is 4. The van der Waals surface area contributed by atoms with E-state index in [-0.39, 0.29) is 17.3 Å². The average Bonchev–Trinajstić information content (AvgIpc) is 3.52. The molecule has 0 bridgehead atoms. The maximum absolute atomic E-state index is 13.3. The lowest BCUT2D eigenvalue weighted by Crippen LogP contribution is -2.30. The number of carbonyl (C=O) groups excluding carboxylic acids is 1. The van der Waals surface area contributed by atoms with Crippen LogP contribution in [0.4, 0.5) is 5.69 Å². The summed E-state index contributed by atoms with van der Waals surface area (Å²) >= 11 is 1.60. The number of thiophene rings is 1. The minimum Gasteiger partial charge on any atom is -0.490 e. The number of hydrogen-bond donors (Lipinski definition) is 0. The third-order valence-electron chi connectivity index (χ3n) is 5.96. The van der Waals surface area contributed by atoms with Crippen LogP contribution in [-0.2, 0) is 13.0 Å². The van der Waals surface area contributed by atoms with E-state index in [9.17, 15) is 14.9 Å². The van der Waals surface area contributed by atoms with Gasteiger partial charge in [-0.3, -0.25) is 14.9 Å². The smallest absolute Gasteiger partial charge is 0.311 e. The van der Waals surface area contributed by atoms with E-state index in [0.717, 1.165) is 53.2 Å². The minimum atomic E-state index is -0.415. The zero-order valence-corrected chi connectivity index (χ0v) is 17.4. The van der Waals surface area contributed by atoms with Gasteiger partial charge in [0.2, 0.25) is 0 Å². The summed E-state index contributed by atoms with van der Waals surface area (Å²) in [5.74, 6) is 0.313. The van der Waals surface area contributed by atoms with Crippen molar-refractivity contribution in [1.82, 2.24) is 9.47 Å². The molecule has 30 heavy (non-hydrogen) atoms. The second-order valence-electron chi connectivity index (χ2n) is 7.61. The Bertz CT molecular complexity index is 1140. The van der Waals surface area contributed by atoms with Crippen LogP contribution in [0.3, 0.4) is 0 Å². The van der Waals surface area contributed by atoms with Gasteiger partial charge in [0.15, 0.2) is 5.75 Å². The van der Waals surface area contributed by atoms with Crippen LogP contribution in [0.15, 0.2) is 35.7 Å². The summed E-state index contributed by atoms with van der Waals surface area (Å²) in [6, 6.07) is 9.33. The lowest BCUT2D eigenvalue weighted by molar-refractivity contribution is -0.385. The maximum atomic E-state index is 13.3. The SMILES string of the molecule is COc1cc2c(cc1[N+](=O)[O-])-c1c(-c3cccs3)cc(C(=O)N3CCCC3)n1CC2. The third kappa shape index (κ3) is 2.90. The molecule has 7 nitrogen and oxygen atoms in total. The molecular weight excluding hydrogens is 402 g/mol. The van der Waals surface area contributed by atoms with E-state index in [0.29, 0.717) is 18.7 Å². The zero-order valence-electron chi connectivity index (χ0n) is 16.6. The Kier molecular flexibility index (Phi) is 4.58. The van der Waals surface area contributed by atoms with Crippen LogP contribution in [0.2, 0.25) is 0 Å². The number of methoxy groups -OCH3 is 1. The standard InChI is InChI=1S/C22H21N3O4S/c1-29-19-11-14-6-9-24-18(22(26)23-7-2-3-8-23)13-16(20-5-4-10-30-20)21(24)15(14)12-17(19)25(27)28/h4-5,10-13H,2-3,6-9H2,1H3. The summed E-state index contributed by atoms with van der Waals surface area (Å²) in [5, 5.41) is 13.6. The van der Waals surface area contributed by atoms with Gasteiger partial charge < -0.3 is 14.2 Å². The molecule has 0 atom stereocenters. The molecule has 1 aromatic carbocycles. The number of nitro groups is 1. The van der Waals surface area contributed by atoms with Crippen molar-refractivity contribution in [3.63, 3.8) is 0 Å². The highest BCUT2D eigenvalue weighted by Gasteiger charge is 2.32. The van der Waals surface area contributed by atoms with Crippen molar-refractivity contribution in [3.05, 3.63) is 57.1 Å². The minimum absolute atomic E-state index is 0.0445. The number of aromatic nitrogens is 1. The van der Waals surface area contributed by atoms with Crippen molar-refractivity contribution in [2.45, 2.75) is 25.8 Å². The molecule has 4 heterocycles. The number of amides is 1. The van der Waals surface area contributed by atoms with Crippen molar-refractivity contribution in [1.29, 1.82) is 0 Å². The van der Waals surface area contributed by atoms with Gasteiger partial charge in [0.25, 0.3) is 5.91 Å². The number of hydrogen-bond acceptors (Lipinski definition) is 5. The number of fused-ring (bicyclic) bond motifs is 3. The Morgan fingerprint density at radius 1 is 1.17 bits per heavy atom. The van der Waals surface area contributed by atoms with Gasteiger partial charge in [-0.25, -0.2) is 0 Å². The number of likely N-dealkylation sites (tertiary alicyclic amines) is 1. The van der Waals surface area contributed by atoms with Crippen LogP contribution in [0.1, 0.15) is 28.9 Å². The lowest BCUT2D eigenvalue weighted by atomic mass is 9.95. The zero-order chi connectivity index (χ0) is 20.8. The highest BCUT2D eigenvalue weighted by atomic mass is 32.1. The maximum Gasteiger partial charge on any atom is 0.311 e. The summed E-state index contributed by atoms with van der Waals surface area (Å²) in [5.41, 5.74) is 4.24. The van der Waals surface area contributed by atoms with Gasteiger partial charge in [0.1, 0.15) is 5.69 Å². The lowest BCUT2D eigenvalue weighted by Gasteiger charge is -2.24. The third-order valence-corrected chi connectivity index (χ3v) is 6.86. The molecule has 1 amide bonds. The Morgan fingerprint density at radius 2 is 1.97 bits per heavy atom. The summed E-state index contributed by atoms with van der Waals surface area (Å²) < 4.78 is 7.32. The van der Waals surface area contributed by atoms with Gasteiger partial charge in [-0.15, -0.1) is 11.3 Å². The van der Waals surface area contributed by atoms with E-state index < -0.39 is 4.92 Å². The van der Waals surface area contributed by atoms with E-state index in [1.165, 1.54) is 7.11 Å². The first-order valence-corrected chi connectivity index (χ1v) is 10.9. The highest BCUT2D eigenvalue weighted by Crippen LogP contribution is 2.45. The molecule has 0 saturated carbocycles. The predicted octanol–water partition coefficient (Wildman–Crippen LogP) is 4.59. The second-order valence-corrected chi connectivity index (χ2v) is 8.56. The molecule has 5 rings (SSSR count). The molecule has 2 aliphatic rings. The monoisotopic (exact) mass is 423 g/mol. The quantitative estimate of drug-likeness (QED) is 0.454. The fraction of sp³-hybridized carbons (Fsp3) is 0.318. The van der Waals surface area contributed by atoms with Crippen LogP contribution >= 0.6 is 11.3 Å². The molecule has 1 fully saturated rings. The van der Waals surface area contributed by atoms with Crippen LogP contribution < -0.4 is 4.74 Å². The van der Waals surface area contributed by atoms with Crippen LogP contribution in [0.5, 0.6) is 5.75 Å². The average molecular weight is 423 g/mol. The topological polar surface area (TPSA) is 77.6 Å². The second kappa shape index (κ2) is 7.28. The predicted molar refractivity (Wildman–Crippen MR) is 115 cm³/mol. The molecule has 1 saturated heterocycles. The van der Waals surface area contributed by atoms with Crippen molar-refractivity contribution in [3.8, 4) is 27.4 Å². The van der Waals surface area contributed by atoms with Crippen LogP contribution in [0, 0.1) is 10.1 Å². The van der Waals surface area contributed by atoms with E-state index in [1.54, 1.807) is 23.5 Å². The fourth-order valence-corrected chi connectivity index (χ4v) is 5.27. The molecular formula is C22H21N3O4S. The normalized spacial score (nSPS) is 15.0. The van der Waals surface area contributed by atoms with E-state index in [4.69, 9.17) is 4.74 Å². The van der Waals surface area contributed by atoms with Gasteiger partial charge >= 0.3 is 5.69 Å². The summed E-state index contributed by atoms with van der Waals surface area (Å²) in [6.07, 6.45) is 2.76. The first kappa shape index (κ1) is 18.9. The van der Waals surface area contributed by atoms with Gasteiger partial charge in [-0.1, -0.05) is 6.07 Å². The summed E-state index contributed by atoms with van der Waals surface area (Å²) in [6.45, 7) is 2.23. The number of ether oxygens (including phenoxy) is 1. The van der Waals surface area contributed by atoms with Crippen LogP contribution in [-0.4, -0.2) is 40.5 Å². The molecule has 0 N–H and O–H groups in total. The Labute approximate surface area is 177 Å². The molecule has 8 heteroatoms. The number of aryl methyl sites for hydroxylation is 1. The van der Waals surface area contributed by atoms with E-state index in [1.807, 2.05) is 33.0 Å².